The van der Waals surface area contributed by atoms with Gasteiger partial charge in [-0.2, -0.15) is 0 Å². The Labute approximate surface area is 108 Å². The summed E-state index contributed by atoms with van der Waals surface area (Å²) in [7, 11) is 1.68. The zero-order chi connectivity index (χ0) is 13.0. The van der Waals surface area contributed by atoms with Crippen LogP contribution in [-0.2, 0) is 16.0 Å². The maximum Gasteiger partial charge on any atom is 0.239 e. The molecular formula is C14H20N2O2. The Kier molecular flexibility index (Phi) is 4.33. The number of likely N-dealkylation sites (tertiary alicyclic amines) is 1. The van der Waals surface area contributed by atoms with Crippen LogP contribution in [0, 0.1) is 0 Å². The maximum absolute atomic E-state index is 12.2. The Balaban J connectivity index is 1.89. The molecule has 18 heavy (non-hydrogen) atoms. The van der Waals surface area contributed by atoms with Crippen LogP contribution in [0.2, 0.25) is 0 Å². The third kappa shape index (κ3) is 3.09. The molecule has 2 rings (SSSR count). The number of amides is 1. The molecule has 0 radical (unpaired) electrons. The number of ether oxygens (including phenoxy) is 1. The fourth-order valence-electron chi connectivity index (χ4n) is 2.31. The normalized spacial score (nSPS) is 21.0. The quantitative estimate of drug-likeness (QED) is 0.857. The van der Waals surface area contributed by atoms with Crippen LogP contribution in [-0.4, -0.2) is 43.2 Å². The molecule has 2 unspecified atom stereocenters. The number of carbonyl (C=O) groups excluding carboxylic acids is 1. The van der Waals surface area contributed by atoms with Gasteiger partial charge in [0, 0.05) is 20.2 Å². The summed E-state index contributed by atoms with van der Waals surface area (Å²) in [6.45, 7) is 1.41. The molecule has 0 spiro atoms. The second-order valence-electron chi connectivity index (χ2n) is 4.73. The molecule has 1 amide bonds. The molecule has 0 bridgehead atoms. The molecule has 4 nitrogen and oxygen atoms in total. The first-order valence-electron chi connectivity index (χ1n) is 6.32. The van der Waals surface area contributed by atoms with Gasteiger partial charge in [0.25, 0.3) is 0 Å². The largest absolute Gasteiger partial charge is 0.380 e. The third-order valence-corrected chi connectivity index (χ3v) is 3.41. The summed E-state index contributed by atoms with van der Waals surface area (Å²) in [6.07, 6.45) is 1.66. The first kappa shape index (κ1) is 13.1. The van der Waals surface area contributed by atoms with Crippen molar-refractivity contribution in [1.82, 2.24) is 4.90 Å². The van der Waals surface area contributed by atoms with E-state index in [1.807, 2.05) is 35.2 Å². The third-order valence-electron chi connectivity index (χ3n) is 3.41. The van der Waals surface area contributed by atoms with Gasteiger partial charge in [-0.05, 0) is 18.4 Å². The van der Waals surface area contributed by atoms with Gasteiger partial charge in [-0.25, -0.2) is 0 Å². The van der Waals surface area contributed by atoms with E-state index in [4.69, 9.17) is 10.5 Å². The Morgan fingerprint density at radius 1 is 1.50 bits per heavy atom. The number of hydrogen-bond acceptors (Lipinski definition) is 3. The molecule has 1 aromatic rings. The molecule has 1 aliphatic rings. The second-order valence-corrected chi connectivity index (χ2v) is 4.73. The molecule has 1 aromatic carbocycles. The van der Waals surface area contributed by atoms with Crippen molar-refractivity contribution >= 4 is 5.91 Å². The van der Waals surface area contributed by atoms with Crippen LogP contribution in [0.4, 0.5) is 0 Å². The molecule has 1 heterocycles. The first-order chi connectivity index (χ1) is 8.70. The van der Waals surface area contributed by atoms with Crippen molar-refractivity contribution in [3.05, 3.63) is 35.9 Å². The van der Waals surface area contributed by atoms with E-state index in [2.05, 4.69) is 0 Å². The summed E-state index contributed by atoms with van der Waals surface area (Å²) in [5.74, 6) is 0.0263. The monoisotopic (exact) mass is 248 g/mol. The van der Waals surface area contributed by atoms with E-state index in [-0.39, 0.29) is 12.0 Å². The lowest BCUT2D eigenvalue weighted by Crippen LogP contribution is -2.44. The van der Waals surface area contributed by atoms with Crippen LogP contribution in [0.25, 0.3) is 0 Å². The minimum absolute atomic E-state index is 0.0263. The predicted octanol–water partition coefficient (Wildman–Crippen LogP) is 0.804. The van der Waals surface area contributed by atoms with E-state index in [0.717, 1.165) is 18.5 Å². The number of carbonyl (C=O) groups is 1. The molecule has 1 aliphatic heterocycles. The van der Waals surface area contributed by atoms with E-state index in [0.29, 0.717) is 13.0 Å². The summed E-state index contributed by atoms with van der Waals surface area (Å²) in [6, 6.07) is 9.42. The fourth-order valence-corrected chi connectivity index (χ4v) is 2.31. The van der Waals surface area contributed by atoms with Gasteiger partial charge in [0.2, 0.25) is 5.91 Å². The molecule has 0 aliphatic carbocycles. The summed E-state index contributed by atoms with van der Waals surface area (Å²) in [5, 5.41) is 0. The lowest BCUT2D eigenvalue weighted by Gasteiger charge is -2.20. The molecule has 1 saturated heterocycles. The number of benzene rings is 1. The summed E-state index contributed by atoms with van der Waals surface area (Å²) in [4.78, 5) is 14.0. The summed E-state index contributed by atoms with van der Waals surface area (Å²) >= 11 is 0. The molecule has 0 aromatic heterocycles. The van der Waals surface area contributed by atoms with Crippen molar-refractivity contribution in [2.45, 2.75) is 25.0 Å². The van der Waals surface area contributed by atoms with Crippen molar-refractivity contribution in [2.24, 2.45) is 5.73 Å². The first-order valence-corrected chi connectivity index (χ1v) is 6.32. The zero-order valence-corrected chi connectivity index (χ0v) is 10.7. The molecule has 0 saturated carbocycles. The number of nitrogens with two attached hydrogens (primary N) is 1. The Morgan fingerprint density at radius 3 is 2.83 bits per heavy atom. The van der Waals surface area contributed by atoms with Crippen molar-refractivity contribution in [2.75, 3.05) is 20.2 Å². The summed E-state index contributed by atoms with van der Waals surface area (Å²) < 4.78 is 5.25. The van der Waals surface area contributed by atoms with Crippen LogP contribution < -0.4 is 5.73 Å². The van der Waals surface area contributed by atoms with Gasteiger partial charge in [0.15, 0.2) is 0 Å². The fraction of sp³-hybridized carbons (Fsp3) is 0.500. The van der Waals surface area contributed by atoms with Gasteiger partial charge < -0.3 is 15.4 Å². The van der Waals surface area contributed by atoms with E-state index < -0.39 is 6.04 Å². The number of rotatable bonds is 4. The van der Waals surface area contributed by atoms with Gasteiger partial charge in [-0.3, -0.25) is 4.79 Å². The van der Waals surface area contributed by atoms with Crippen LogP contribution in [0.1, 0.15) is 12.0 Å². The van der Waals surface area contributed by atoms with Crippen LogP contribution >= 0.6 is 0 Å². The highest BCUT2D eigenvalue weighted by atomic mass is 16.5. The maximum atomic E-state index is 12.2. The van der Waals surface area contributed by atoms with Gasteiger partial charge >= 0.3 is 0 Å². The molecule has 1 fully saturated rings. The van der Waals surface area contributed by atoms with Crippen LogP contribution in [0.3, 0.4) is 0 Å². The SMILES string of the molecule is COC1CCN(C(=O)C(N)Cc2ccccc2)C1. The smallest absolute Gasteiger partial charge is 0.239 e. The van der Waals surface area contributed by atoms with E-state index in [1.54, 1.807) is 7.11 Å². The lowest BCUT2D eigenvalue weighted by atomic mass is 10.1. The van der Waals surface area contributed by atoms with Gasteiger partial charge in [-0.1, -0.05) is 30.3 Å². The average molecular weight is 248 g/mol. The number of hydrogen-bond donors (Lipinski definition) is 1. The molecular weight excluding hydrogens is 228 g/mol. The predicted molar refractivity (Wildman–Crippen MR) is 70.1 cm³/mol. The van der Waals surface area contributed by atoms with Crippen molar-refractivity contribution in [3.8, 4) is 0 Å². The lowest BCUT2D eigenvalue weighted by molar-refractivity contribution is -0.131. The highest BCUT2D eigenvalue weighted by Gasteiger charge is 2.29. The van der Waals surface area contributed by atoms with E-state index in [1.165, 1.54) is 0 Å². The van der Waals surface area contributed by atoms with Gasteiger partial charge in [0.1, 0.15) is 0 Å². The Bertz CT molecular complexity index is 394. The highest BCUT2D eigenvalue weighted by molar-refractivity contribution is 5.82. The highest BCUT2D eigenvalue weighted by Crippen LogP contribution is 2.13. The standard InChI is InChI=1S/C14H20N2O2/c1-18-12-7-8-16(10-12)14(17)13(15)9-11-5-3-2-4-6-11/h2-6,12-13H,7-10,15H2,1H3. The number of methoxy groups -OCH3 is 1. The van der Waals surface area contributed by atoms with E-state index >= 15 is 0 Å². The topological polar surface area (TPSA) is 55.6 Å². The zero-order valence-electron chi connectivity index (χ0n) is 10.7. The number of nitrogens with zero attached hydrogens (tertiary/aromatic N) is 1. The van der Waals surface area contributed by atoms with Crippen molar-refractivity contribution in [3.63, 3.8) is 0 Å². The van der Waals surface area contributed by atoms with E-state index in [9.17, 15) is 4.79 Å². The van der Waals surface area contributed by atoms with Crippen molar-refractivity contribution < 1.29 is 9.53 Å². The minimum atomic E-state index is -0.456. The van der Waals surface area contributed by atoms with Gasteiger partial charge in [0.05, 0.1) is 12.1 Å². The average Bonchev–Trinajstić information content (AvgIpc) is 2.87. The minimum Gasteiger partial charge on any atom is -0.380 e. The second kappa shape index (κ2) is 5.98. The van der Waals surface area contributed by atoms with Crippen LogP contribution in [0.5, 0.6) is 0 Å². The molecule has 2 atom stereocenters. The van der Waals surface area contributed by atoms with Crippen molar-refractivity contribution in [1.29, 1.82) is 0 Å². The molecule has 2 N–H and O–H groups in total. The molecule has 4 heteroatoms. The van der Waals surface area contributed by atoms with Gasteiger partial charge in [-0.15, -0.1) is 0 Å². The van der Waals surface area contributed by atoms with Crippen LogP contribution in [0.15, 0.2) is 30.3 Å². The summed E-state index contributed by atoms with van der Waals surface area (Å²) in [5.41, 5.74) is 7.08. The molecule has 98 valence electrons. The Morgan fingerprint density at radius 2 is 2.22 bits per heavy atom. The Hall–Kier alpha value is -1.39.